The SMILES string of the molecule is CC(Oc1c(Br)cc(Br)cc1Br)C(=O)n1ccnc1. The Kier molecular flexibility index (Phi) is 4.81. The van der Waals surface area contributed by atoms with Crippen LogP contribution in [0.1, 0.15) is 11.7 Å². The molecule has 7 heteroatoms. The molecule has 2 aromatic rings. The van der Waals surface area contributed by atoms with Gasteiger partial charge in [-0.15, -0.1) is 0 Å². The number of nitrogens with zero attached hydrogens (tertiary/aromatic N) is 2. The summed E-state index contributed by atoms with van der Waals surface area (Å²) in [5.74, 6) is 0.406. The number of imidazole rings is 1. The van der Waals surface area contributed by atoms with Crippen molar-refractivity contribution in [3.8, 4) is 5.75 Å². The van der Waals surface area contributed by atoms with Crippen LogP contribution in [-0.4, -0.2) is 21.6 Å². The van der Waals surface area contributed by atoms with E-state index in [0.717, 1.165) is 13.4 Å². The van der Waals surface area contributed by atoms with Gasteiger partial charge in [0.2, 0.25) is 0 Å². The minimum absolute atomic E-state index is 0.181. The van der Waals surface area contributed by atoms with Crippen molar-refractivity contribution in [3.05, 3.63) is 44.3 Å². The van der Waals surface area contributed by atoms with Gasteiger partial charge in [0.05, 0.1) is 8.95 Å². The highest BCUT2D eigenvalue weighted by Gasteiger charge is 2.19. The molecule has 1 aromatic heterocycles. The summed E-state index contributed by atoms with van der Waals surface area (Å²) in [6.45, 7) is 1.70. The smallest absolute Gasteiger partial charge is 0.272 e. The summed E-state index contributed by atoms with van der Waals surface area (Å²) in [7, 11) is 0. The highest BCUT2D eigenvalue weighted by molar-refractivity contribution is 9.11. The van der Waals surface area contributed by atoms with Crippen molar-refractivity contribution < 1.29 is 9.53 Å². The first-order valence-corrected chi connectivity index (χ1v) is 7.70. The van der Waals surface area contributed by atoms with Crippen molar-refractivity contribution >= 4 is 53.7 Å². The molecule has 0 saturated heterocycles. The first-order valence-electron chi connectivity index (χ1n) is 5.32. The van der Waals surface area contributed by atoms with Crippen LogP contribution in [0.2, 0.25) is 0 Å². The second kappa shape index (κ2) is 6.19. The fourth-order valence-electron chi connectivity index (χ4n) is 1.47. The number of ether oxygens (including phenoxy) is 1. The third-order valence-corrected chi connectivity index (χ3v) is 4.00. The van der Waals surface area contributed by atoms with Crippen LogP contribution >= 0.6 is 47.8 Å². The second-order valence-electron chi connectivity index (χ2n) is 3.77. The Morgan fingerprint density at radius 3 is 2.47 bits per heavy atom. The van der Waals surface area contributed by atoms with E-state index >= 15 is 0 Å². The molecule has 1 atom stereocenters. The molecular weight excluding hydrogens is 444 g/mol. The molecule has 0 N–H and O–H groups in total. The normalized spacial score (nSPS) is 12.2. The molecule has 0 aliphatic rings. The van der Waals surface area contributed by atoms with Crippen LogP contribution in [0.3, 0.4) is 0 Å². The van der Waals surface area contributed by atoms with Crippen LogP contribution in [0.5, 0.6) is 5.75 Å². The van der Waals surface area contributed by atoms with Gasteiger partial charge in [-0.3, -0.25) is 9.36 Å². The van der Waals surface area contributed by atoms with Gasteiger partial charge in [-0.1, -0.05) is 15.9 Å². The first-order chi connectivity index (χ1) is 8.99. The highest BCUT2D eigenvalue weighted by atomic mass is 79.9. The number of halogens is 3. The van der Waals surface area contributed by atoms with Gasteiger partial charge in [0.1, 0.15) is 12.1 Å². The van der Waals surface area contributed by atoms with Gasteiger partial charge >= 0.3 is 0 Å². The average molecular weight is 453 g/mol. The molecule has 0 saturated carbocycles. The topological polar surface area (TPSA) is 44.1 Å². The standard InChI is InChI=1S/C12H9Br3N2O2/c1-7(12(18)17-3-2-16-6-17)19-11-9(14)4-8(13)5-10(11)15/h2-7H,1H3. The lowest BCUT2D eigenvalue weighted by atomic mass is 10.3. The predicted octanol–water partition coefficient (Wildman–Crippen LogP) is 4.28. The monoisotopic (exact) mass is 450 g/mol. The van der Waals surface area contributed by atoms with Crippen molar-refractivity contribution in [2.75, 3.05) is 0 Å². The van der Waals surface area contributed by atoms with Crippen molar-refractivity contribution in [2.45, 2.75) is 13.0 Å². The summed E-state index contributed by atoms with van der Waals surface area (Å²) in [5, 5.41) is 0. The van der Waals surface area contributed by atoms with Gasteiger partial charge in [0.25, 0.3) is 5.91 Å². The molecule has 0 fully saturated rings. The number of hydrogen-bond donors (Lipinski definition) is 0. The van der Waals surface area contributed by atoms with Gasteiger partial charge < -0.3 is 4.74 Å². The van der Waals surface area contributed by atoms with Gasteiger partial charge in [-0.2, -0.15) is 0 Å². The maximum atomic E-state index is 12.1. The molecule has 0 aliphatic carbocycles. The minimum Gasteiger partial charge on any atom is -0.478 e. The zero-order chi connectivity index (χ0) is 14.0. The summed E-state index contributed by atoms with van der Waals surface area (Å²) < 4.78 is 9.53. The molecule has 2 rings (SSSR count). The summed E-state index contributed by atoms with van der Waals surface area (Å²) >= 11 is 10.2. The molecular formula is C12H9Br3N2O2. The number of aromatic nitrogens is 2. The Morgan fingerprint density at radius 1 is 1.32 bits per heavy atom. The maximum Gasteiger partial charge on any atom is 0.272 e. The summed E-state index contributed by atoms with van der Waals surface area (Å²) in [6, 6.07) is 3.71. The van der Waals surface area contributed by atoms with Crippen LogP contribution in [0.15, 0.2) is 44.3 Å². The zero-order valence-corrected chi connectivity index (χ0v) is 14.6. The first kappa shape index (κ1) is 14.7. The van der Waals surface area contributed by atoms with E-state index in [0.29, 0.717) is 5.75 Å². The van der Waals surface area contributed by atoms with E-state index in [9.17, 15) is 4.79 Å². The van der Waals surface area contributed by atoms with Crippen LogP contribution in [0.4, 0.5) is 0 Å². The summed E-state index contributed by atoms with van der Waals surface area (Å²) in [6.07, 6.45) is 3.97. The van der Waals surface area contributed by atoms with Gasteiger partial charge in [0, 0.05) is 16.9 Å². The molecule has 4 nitrogen and oxygen atoms in total. The lowest BCUT2D eigenvalue weighted by Crippen LogP contribution is -2.28. The molecule has 1 aromatic carbocycles. The largest absolute Gasteiger partial charge is 0.478 e. The molecule has 1 unspecified atom stereocenters. The molecule has 0 radical (unpaired) electrons. The maximum absolute atomic E-state index is 12.1. The summed E-state index contributed by atoms with van der Waals surface area (Å²) in [4.78, 5) is 15.9. The van der Waals surface area contributed by atoms with Crippen molar-refractivity contribution in [3.63, 3.8) is 0 Å². The van der Waals surface area contributed by atoms with Crippen LogP contribution < -0.4 is 4.74 Å². The van der Waals surface area contributed by atoms with E-state index in [1.54, 1.807) is 19.3 Å². The quantitative estimate of drug-likeness (QED) is 0.698. The van der Waals surface area contributed by atoms with Crippen molar-refractivity contribution in [2.24, 2.45) is 0 Å². The molecule has 0 spiro atoms. The average Bonchev–Trinajstić information content (AvgIpc) is 2.86. The van der Waals surface area contributed by atoms with E-state index in [1.165, 1.54) is 10.9 Å². The van der Waals surface area contributed by atoms with Crippen molar-refractivity contribution in [1.29, 1.82) is 0 Å². The Labute approximate surface area is 135 Å². The van der Waals surface area contributed by atoms with Gasteiger partial charge in [-0.25, -0.2) is 4.98 Å². The van der Waals surface area contributed by atoms with Crippen molar-refractivity contribution in [1.82, 2.24) is 9.55 Å². The molecule has 0 aliphatic heterocycles. The molecule has 1 heterocycles. The lowest BCUT2D eigenvalue weighted by Gasteiger charge is -2.16. The summed E-state index contributed by atoms with van der Waals surface area (Å²) in [5.41, 5.74) is 0. The Balaban J connectivity index is 2.20. The minimum atomic E-state index is -0.622. The van der Waals surface area contributed by atoms with Crippen LogP contribution in [0.25, 0.3) is 0 Å². The predicted molar refractivity (Wildman–Crippen MR) is 82.5 cm³/mol. The molecule has 0 amide bonds. The van der Waals surface area contributed by atoms with Crippen LogP contribution in [-0.2, 0) is 0 Å². The Hall–Kier alpha value is -0.660. The van der Waals surface area contributed by atoms with Gasteiger partial charge in [0.15, 0.2) is 6.10 Å². The Morgan fingerprint density at radius 2 is 1.95 bits per heavy atom. The van der Waals surface area contributed by atoms with E-state index in [1.807, 2.05) is 12.1 Å². The van der Waals surface area contributed by atoms with E-state index in [-0.39, 0.29) is 5.91 Å². The number of hydrogen-bond acceptors (Lipinski definition) is 3. The van der Waals surface area contributed by atoms with E-state index in [4.69, 9.17) is 4.74 Å². The Bertz CT molecular complexity index is 576. The number of benzene rings is 1. The highest BCUT2D eigenvalue weighted by Crippen LogP contribution is 2.37. The number of carbonyl (C=O) groups excluding carboxylic acids is 1. The van der Waals surface area contributed by atoms with Crippen LogP contribution in [0, 0.1) is 0 Å². The second-order valence-corrected chi connectivity index (χ2v) is 6.39. The molecule has 19 heavy (non-hydrogen) atoms. The molecule has 0 bridgehead atoms. The lowest BCUT2D eigenvalue weighted by molar-refractivity contribution is 0.0725. The zero-order valence-electron chi connectivity index (χ0n) is 9.81. The van der Waals surface area contributed by atoms with Gasteiger partial charge in [-0.05, 0) is 50.9 Å². The van der Waals surface area contributed by atoms with E-state index < -0.39 is 6.10 Å². The van der Waals surface area contributed by atoms with E-state index in [2.05, 4.69) is 52.8 Å². The molecule has 100 valence electrons. The fraction of sp³-hybridized carbons (Fsp3) is 0.167. The third-order valence-electron chi connectivity index (χ3n) is 2.36. The number of rotatable bonds is 3. The number of carbonyl (C=O) groups is 1. The third kappa shape index (κ3) is 3.46. The fourth-order valence-corrected chi connectivity index (χ4v) is 3.91.